The first-order valence-electron chi connectivity index (χ1n) is 7.14. The van der Waals surface area contributed by atoms with Gasteiger partial charge in [0, 0.05) is 6.61 Å². The third-order valence-corrected chi connectivity index (χ3v) is 3.18. The lowest BCUT2D eigenvalue weighted by atomic mass is 9.88. The highest BCUT2D eigenvalue weighted by molar-refractivity contribution is 5.82. The van der Waals surface area contributed by atoms with Gasteiger partial charge in [0.2, 0.25) is 11.7 Å². The fourth-order valence-corrected chi connectivity index (χ4v) is 2.29. The lowest BCUT2D eigenvalue weighted by Crippen LogP contribution is -2.23. The highest BCUT2D eigenvalue weighted by Gasteiger charge is 2.33. The van der Waals surface area contributed by atoms with Crippen molar-refractivity contribution in [3.8, 4) is 0 Å². The number of carbonyl (C=O) groups is 1. The molecule has 0 saturated carbocycles. The van der Waals surface area contributed by atoms with Gasteiger partial charge in [-0.1, -0.05) is 39.8 Å². The summed E-state index contributed by atoms with van der Waals surface area (Å²) in [6, 6.07) is 0. The van der Waals surface area contributed by atoms with E-state index in [-0.39, 0.29) is 29.1 Å². The lowest BCUT2D eigenvalue weighted by Gasteiger charge is -2.27. The summed E-state index contributed by atoms with van der Waals surface area (Å²) >= 11 is 0. The van der Waals surface area contributed by atoms with Crippen LogP contribution >= 0.6 is 0 Å². The van der Waals surface area contributed by atoms with E-state index in [4.69, 9.17) is 9.26 Å². The van der Waals surface area contributed by atoms with Crippen LogP contribution in [0.2, 0.25) is 0 Å². The van der Waals surface area contributed by atoms with Gasteiger partial charge in [-0.15, -0.1) is 0 Å². The Labute approximate surface area is 121 Å². The van der Waals surface area contributed by atoms with E-state index in [0.29, 0.717) is 18.3 Å². The SMILES string of the molecule is CCOC(c1noc(C(C(C)=O)C(C)C)n1)C(C)(C)C. The smallest absolute Gasteiger partial charge is 0.237 e. The number of carbonyl (C=O) groups excluding carboxylic acids is 1. The maximum absolute atomic E-state index is 11.7. The topological polar surface area (TPSA) is 65.2 Å². The summed E-state index contributed by atoms with van der Waals surface area (Å²) in [4.78, 5) is 16.1. The van der Waals surface area contributed by atoms with Gasteiger partial charge in [-0.05, 0) is 25.2 Å². The molecule has 1 aromatic heterocycles. The van der Waals surface area contributed by atoms with Crippen LogP contribution in [0.25, 0.3) is 0 Å². The van der Waals surface area contributed by atoms with Crippen LogP contribution in [0.15, 0.2) is 4.52 Å². The number of ketones is 1. The van der Waals surface area contributed by atoms with Gasteiger partial charge in [-0.2, -0.15) is 4.98 Å². The van der Waals surface area contributed by atoms with E-state index in [0.717, 1.165) is 0 Å². The van der Waals surface area contributed by atoms with Crippen molar-refractivity contribution in [3.63, 3.8) is 0 Å². The zero-order valence-corrected chi connectivity index (χ0v) is 13.6. The third kappa shape index (κ3) is 3.88. The van der Waals surface area contributed by atoms with Crippen molar-refractivity contribution in [1.29, 1.82) is 0 Å². The molecule has 0 bridgehead atoms. The Morgan fingerprint density at radius 2 is 1.95 bits per heavy atom. The highest BCUT2D eigenvalue weighted by Crippen LogP contribution is 2.35. The van der Waals surface area contributed by atoms with Gasteiger partial charge >= 0.3 is 0 Å². The van der Waals surface area contributed by atoms with Crippen LogP contribution in [0.5, 0.6) is 0 Å². The van der Waals surface area contributed by atoms with Gasteiger partial charge in [0.25, 0.3) is 0 Å². The van der Waals surface area contributed by atoms with E-state index >= 15 is 0 Å². The molecule has 2 atom stereocenters. The number of hydrogen-bond donors (Lipinski definition) is 0. The predicted octanol–water partition coefficient (Wildman–Crippen LogP) is 3.52. The Morgan fingerprint density at radius 1 is 1.35 bits per heavy atom. The summed E-state index contributed by atoms with van der Waals surface area (Å²) in [6.07, 6.45) is -0.246. The summed E-state index contributed by atoms with van der Waals surface area (Å²) in [6.45, 7) is 14.2. The van der Waals surface area contributed by atoms with Crippen LogP contribution in [-0.2, 0) is 9.53 Å². The second-order valence-corrected chi connectivity index (χ2v) is 6.52. The fourth-order valence-electron chi connectivity index (χ4n) is 2.29. The third-order valence-electron chi connectivity index (χ3n) is 3.18. The van der Waals surface area contributed by atoms with Crippen LogP contribution < -0.4 is 0 Å². The van der Waals surface area contributed by atoms with Gasteiger partial charge in [-0.3, -0.25) is 4.79 Å². The second-order valence-electron chi connectivity index (χ2n) is 6.52. The molecular weight excluding hydrogens is 256 g/mol. The standard InChI is InChI=1S/C15H26N2O3/c1-8-19-12(15(5,6)7)13-16-14(20-17-13)11(9(2)3)10(4)18/h9,11-12H,8H2,1-7H3. The summed E-state index contributed by atoms with van der Waals surface area (Å²) in [7, 11) is 0. The van der Waals surface area contributed by atoms with Crippen molar-refractivity contribution in [1.82, 2.24) is 10.1 Å². The Bertz CT molecular complexity index is 446. The molecule has 0 N–H and O–H groups in total. The van der Waals surface area contributed by atoms with Crippen LogP contribution in [-0.4, -0.2) is 22.5 Å². The first kappa shape index (κ1) is 16.8. The molecule has 0 amide bonds. The Balaban J connectivity index is 3.08. The molecule has 5 nitrogen and oxygen atoms in total. The first-order chi connectivity index (χ1) is 9.18. The van der Waals surface area contributed by atoms with Gasteiger partial charge in [0.05, 0.1) is 5.92 Å². The molecule has 0 saturated heterocycles. The van der Waals surface area contributed by atoms with E-state index in [1.54, 1.807) is 6.92 Å². The zero-order chi connectivity index (χ0) is 15.5. The lowest BCUT2D eigenvalue weighted by molar-refractivity contribution is -0.119. The molecule has 1 rings (SSSR count). The summed E-state index contributed by atoms with van der Waals surface area (Å²) in [5, 5.41) is 4.02. The Kier molecular flexibility index (Phi) is 5.45. The molecular formula is C15H26N2O3. The average Bonchev–Trinajstić information content (AvgIpc) is 2.71. The molecule has 20 heavy (non-hydrogen) atoms. The van der Waals surface area contributed by atoms with Gasteiger partial charge in [-0.25, -0.2) is 0 Å². The molecule has 0 aliphatic carbocycles. The molecule has 1 aromatic rings. The van der Waals surface area contributed by atoms with Crippen LogP contribution in [0.1, 0.15) is 72.2 Å². The number of ether oxygens (including phenoxy) is 1. The number of aromatic nitrogens is 2. The largest absolute Gasteiger partial charge is 0.370 e. The molecule has 1 heterocycles. The Hall–Kier alpha value is -1.23. The van der Waals surface area contributed by atoms with Gasteiger partial charge in [0.1, 0.15) is 11.9 Å². The molecule has 0 fully saturated rings. The first-order valence-corrected chi connectivity index (χ1v) is 7.14. The van der Waals surface area contributed by atoms with E-state index in [9.17, 15) is 4.79 Å². The van der Waals surface area contributed by atoms with Gasteiger partial charge in [0.15, 0.2) is 0 Å². The minimum absolute atomic E-state index is 0.0407. The maximum atomic E-state index is 11.7. The molecule has 0 spiro atoms. The molecule has 5 heteroatoms. The summed E-state index contributed by atoms with van der Waals surface area (Å²) in [5.41, 5.74) is -0.138. The van der Waals surface area contributed by atoms with Crippen molar-refractivity contribution < 1.29 is 14.1 Å². The number of rotatable bonds is 6. The van der Waals surface area contributed by atoms with Crippen LogP contribution in [0.3, 0.4) is 0 Å². The van der Waals surface area contributed by atoms with E-state index < -0.39 is 0 Å². The number of hydrogen-bond acceptors (Lipinski definition) is 5. The summed E-state index contributed by atoms with van der Waals surface area (Å²) in [5.74, 6) is 0.719. The van der Waals surface area contributed by atoms with Crippen LogP contribution in [0, 0.1) is 11.3 Å². The molecule has 0 radical (unpaired) electrons. The molecule has 0 aliphatic heterocycles. The number of nitrogens with zero attached hydrogens (tertiary/aromatic N) is 2. The van der Waals surface area contributed by atoms with Crippen molar-refractivity contribution in [3.05, 3.63) is 11.7 Å². The minimum atomic E-state index is -0.349. The maximum Gasteiger partial charge on any atom is 0.237 e. The van der Waals surface area contributed by atoms with E-state index in [1.165, 1.54) is 0 Å². The van der Waals surface area contributed by atoms with E-state index in [1.807, 2.05) is 20.8 Å². The summed E-state index contributed by atoms with van der Waals surface area (Å²) < 4.78 is 11.0. The molecule has 2 unspecified atom stereocenters. The predicted molar refractivity (Wildman–Crippen MR) is 76.4 cm³/mol. The number of Topliss-reactive ketones (excluding diaryl/α,β-unsaturated/α-hetero) is 1. The van der Waals surface area contributed by atoms with Gasteiger partial charge < -0.3 is 9.26 Å². The zero-order valence-electron chi connectivity index (χ0n) is 13.6. The quantitative estimate of drug-likeness (QED) is 0.798. The van der Waals surface area contributed by atoms with Crippen molar-refractivity contribution in [2.75, 3.05) is 6.61 Å². The van der Waals surface area contributed by atoms with Crippen molar-refractivity contribution in [2.24, 2.45) is 11.3 Å². The van der Waals surface area contributed by atoms with Crippen molar-refractivity contribution in [2.45, 2.75) is 60.5 Å². The monoisotopic (exact) mass is 282 g/mol. The molecule has 0 aromatic carbocycles. The average molecular weight is 282 g/mol. The normalized spacial score (nSPS) is 15.4. The van der Waals surface area contributed by atoms with E-state index in [2.05, 4.69) is 30.9 Å². The van der Waals surface area contributed by atoms with Crippen LogP contribution in [0.4, 0.5) is 0 Å². The fraction of sp³-hybridized carbons (Fsp3) is 0.800. The minimum Gasteiger partial charge on any atom is -0.370 e. The Morgan fingerprint density at radius 3 is 2.35 bits per heavy atom. The molecule has 0 aliphatic rings. The van der Waals surface area contributed by atoms with Crippen molar-refractivity contribution >= 4 is 5.78 Å². The highest BCUT2D eigenvalue weighted by atomic mass is 16.5. The molecule has 114 valence electrons. The second kappa shape index (κ2) is 6.48.